The Labute approximate surface area is 139 Å². The Morgan fingerprint density at radius 2 is 1.91 bits per heavy atom. The van der Waals surface area contributed by atoms with Crippen LogP contribution in [0.25, 0.3) is 0 Å². The Hall–Kier alpha value is -1.99. The molecule has 1 aromatic carbocycles. The number of aromatic nitrogens is 2. The summed E-state index contributed by atoms with van der Waals surface area (Å²) in [4.78, 5) is 18.6. The molecule has 0 spiro atoms. The first-order chi connectivity index (χ1) is 11.2. The van der Waals surface area contributed by atoms with Gasteiger partial charge >= 0.3 is 0 Å². The number of nitrogens with one attached hydrogen (secondary N) is 1. The summed E-state index contributed by atoms with van der Waals surface area (Å²) >= 11 is 1.49. The molecule has 2 aromatic rings. The van der Waals surface area contributed by atoms with Crippen molar-refractivity contribution in [3.8, 4) is 11.5 Å². The van der Waals surface area contributed by atoms with Crippen LogP contribution in [0.15, 0.2) is 40.3 Å². The molecule has 0 aliphatic heterocycles. The molecule has 0 atom stereocenters. The van der Waals surface area contributed by atoms with E-state index in [2.05, 4.69) is 9.97 Å². The molecule has 6 nitrogen and oxygen atoms in total. The lowest BCUT2D eigenvalue weighted by Crippen LogP contribution is -2.10. The number of aromatic amines is 1. The van der Waals surface area contributed by atoms with E-state index in [0.717, 1.165) is 23.7 Å². The molecule has 2 rings (SSSR count). The molecule has 23 heavy (non-hydrogen) atoms. The van der Waals surface area contributed by atoms with Crippen LogP contribution in [-0.2, 0) is 11.3 Å². The summed E-state index contributed by atoms with van der Waals surface area (Å²) in [5.41, 5.74) is 0.470. The predicted octanol–water partition coefficient (Wildman–Crippen LogP) is 2.49. The summed E-state index contributed by atoms with van der Waals surface area (Å²) in [6.45, 7) is 0.930. The zero-order valence-corrected chi connectivity index (χ0v) is 14.0. The van der Waals surface area contributed by atoms with Crippen molar-refractivity contribution in [3.05, 3.63) is 46.4 Å². The Morgan fingerprint density at radius 1 is 1.17 bits per heavy atom. The molecular formula is C16H20N2O4S. The lowest BCUT2D eigenvalue weighted by Gasteiger charge is -2.07. The van der Waals surface area contributed by atoms with Gasteiger partial charge < -0.3 is 19.2 Å². The summed E-state index contributed by atoms with van der Waals surface area (Å²) in [7, 11) is 3.21. The monoisotopic (exact) mass is 336 g/mol. The summed E-state index contributed by atoms with van der Waals surface area (Å²) in [6.07, 6.45) is 0.842. The first-order valence-corrected chi connectivity index (χ1v) is 8.18. The fourth-order valence-corrected chi connectivity index (χ4v) is 2.67. The van der Waals surface area contributed by atoms with E-state index in [9.17, 15) is 4.79 Å². The fourth-order valence-electron chi connectivity index (χ4n) is 1.86. The summed E-state index contributed by atoms with van der Waals surface area (Å²) in [6, 6.07) is 8.92. The second-order valence-electron chi connectivity index (χ2n) is 4.70. The molecule has 0 amide bonds. The van der Waals surface area contributed by atoms with Crippen molar-refractivity contribution < 1.29 is 14.2 Å². The predicted molar refractivity (Wildman–Crippen MR) is 89.4 cm³/mol. The van der Waals surface area contributed by atoms with Gasteiger partial charge in [-0.1, -0.05) is 11.8 Å². The number of hydrogen-bond donors (Lipinski definition) is 1. The van der Waals surface area contributed by atoms with Crippen LogP contribution >= 0.6 is 11.8 Å². The van der Waals surface area contributed by atoms with Gasteiger partial charge in [0, 0.05) is 18.9 Å². The lowest BCUT2D eigenvalue weighted by atomic mass is 10.3. The SMILES string of the molecule is COCc1cc(=O)[nH]c(SCCCOc2ccc(OC)cc2)n1. The van der Waals surface area contributed by atoms with Crippen LogP contribution in [0.2, 0.25) is 0 Å². The van der Waals surface area contributed by atoms with Crippen molar-refractivity contribution in [1.82, 2.24) is 9.97 Å². The van der Waals surface area contributed by atoms with Crippen molar-refractivity contribution in [2.24, 2.45) is 0 Å². The van der Waals surface area contributed by atoms with E-state index in [1.807, 2.05) is 24.3 Å². The molecule has 0 aliphatic carbocycles. The minimum absolute atomic E-state index is 0.163. The molecule has 7 heteroatoms. The van der Waals surface area contributed by atoms with Crippen LogP contribution in [0.1, 0.15) is 12.1 Å². The number of methoxy groups -OCH3 is 2. The second kappa shape index (κ2) is 9.22. The fraction of sp³-hybridized carbons (Fsp3) is 0.375. The number of rotatable bonds is 9. The zero-order valence-electron chi connectivity index (χ0n) is 13.2. The van der Waals surface area contributed by atoms with E-state index in [4.69, 9.17) is 14.2 Å². The maximum Gasteiger partial charge on any atom is 0.251 e. The van der Waals surface area contributed by atoms with Crippen LogP contribution in [0.4, 0.5) is 0 Å². The molecule has 0 aliphatic rings. The first-order valence-electron chi connectivity index (χ1n) is 7.20. The number of benzene rings is 1. The van der Waals surface area contributed by atoms with Gasteiger partial charge in [0.05, 0.1) is 26.0 Å². The number of H-pyrrole nitrogens is 1. The van der Waals surface area contributed by atoms with E-state index >= 15 is 0 Å². The Kier molecular flexibility index (Phi) is 6.96. The minimum atomic E-state index is -0.163. The third kappa shape index (κ3) is 5.96. The van der Waals surface area contributed by atoms with Crippen molar-refractivity contribution in [1.29, 1.82) is 0 Å². The highest BCUT2D eigenvalue weighted by molar-refractivity contribution is 7.99. The van der Waals surface area contributed by atoms with E-state index in [1.165, 1.54) is 17.8 Å². The van der Waals surface area contributed by atoms with Gasteiger partial charge in [0.15, 0.2) is 5.16 Å². The molecule has 1 heterocycles. The maximum absolute atomic E-state index is 11.5. The van der Waals surface area contributed by atoms with E-state index in [1.54, 1.807) is 14.2 Å². The molecule has 0 unspecified atom stereocenters. The molecule has 0 bridgehead atoms. The third-order valence-corrected chi connectivity index (χ3v) is 3.88. The number of thioether (sulfide) groups is 1. The highest BCUT2D eigenvalue weighted by Crippen LogP contribution is 2.18. The molecular weight excluding hydrogens is 316 g/mol. The van der Waals surface area contributed by atoms with Gasteiger partial charge in [0.1, 0.15) is 11.5 Å². The van der Waals surface area contributed by atoms with Gasteiger partial charge in [0.25, 0.3) is 5.56 Å². The number of nitrogens with zero attached hydrogens (tertiary/aromatic N) is 1. The van der Waals surface area contributed by atoms with Crippen LogP contribution in [0, 0.1) is 0 Å². The molecule has 0 saturated carbocycles. The smallest absolute Gasteiger partial charge is 0.251 e. The van der Waals surface area contributed by atoms with E-state index < -0.39 is 0 Å². The van der Waals surface area contributed by atoms with E-state index in [0.29, 0.717) is 24.1 Å². The first kappa shape index (κ1) is 17.4. The third-order valence-electron chi connectivity index (χ3n) is 2.92. The van der Waals surface area contributed by atoms with Crippen LogP contribution in [0.3, 0.4) is 0 Å². The Bertz CT molecular complexity index is 658. The van der Waals surface area contributed by atoms with Crippen LogP contribution in [-0.4, -0.2) is 36.5 Å². The van der Waals surface area contributed by atoms with Crippen molar-refractivity contribution in [3.63, 3.8) is 0 Å². The molecule has 124 valence electrons. The second-order valence-corrected chi connectivity index (χ2v) is 5.78. The van der Waals surface area contributed by atoms with Gasteiger partial charge in [-0.3, -0.25) is 4.79 Å². The van der Waals surface area contributed by atoms with Gasteiger partial charge in [0.2, 0.25) is 0 Å². The highest BCUT2D eigenvalue weighted by Gasteiger charge is 2.02. The average molecular weight is 336 g/mol. The molecule has 0 radical (unpaired) electrons. The quantitative estimate of drug-likeness (QED) is 0.431. The standard InChI is InChI=1S/C16H20N2O4S/c1-20-11-12-10-15(19)18-16(17-12)23-9-3-8-22-14-6-4-13(21-2)5-7-14/h4-7,10H,3,8-9,11H2,1-2H3,(H,17,18,19). The molecule has 0 saturated heterocycles. The van der Waals surface area contributed by atoms with E-state index in [-0.39, 0.29) is 5.56 Å². The van der Waals surface area contributed by atoms with Gasteiger partial charge in [-0.05, 0) is 30.7 Å². The topological polar surface area (TPSA) is 73.4 Å². The van der Waals surface area contributed by atoms with Gasteiger partial charge in [-0.2, -0.15) is 0 Å². The van der Waals surface area contributed by atoms with Gasteiger partial charge in [-0.25, -0.2) is 4.98 Å². The molecule has 0 fully saturated rings. The normalized spacial score (nSPS) is 10.5. The Morgan fingerprint density at radius 3 is 2.61 bits per heavy atom. The van der Waals surface area contributed by atoms with Crippen LogP contribution < -0.4 is 15.0 Å². The van der Waals surface area contributed by atoms with Crippen molar-refractivity contribution in [2.45, 2.75) is 18.2 Å². The minimum Gasteiger partial charge on any atom is -0.497 e. The number of ether oxygens (including phenoxy) is 3. The summed E-state index contributed by atoms with van der Waals surface area (Å²) in [5.74, 6) is 2.42. The summed E-state index contributed by atoms with van der Waals surface area (Å²) < 4.78 is 15.7. The molecule has 1 aromatic heterocycles. The highest BCUT2D eigenvalue weighted by atomic mass is 32.2. The van der Waals surface area contributed by atoms with Gasteiger partial charge in [-0.15, -0.1) is 0 Å². The largest absolute Gasteiger partial charge is 0.497 e. The number of hydrogen-bond acceptors (Lipinski definition) is 6. The van der Waals surface area contributed by atoms with Crippen LogP contribution in [0.5, 0.6) is 11.5 Å². The summed E-state index contributed by atoms with van der Waals surface area (Å²) in [5, 5.41) is 0.606. The Balaban J connectivity index is 1.73. The molecule has 1 N–H and O–H groups in total. The van der Waals surface area contributed by atoms with Crippen molar-refractivity contribution in [2.75, 3.05) is 26.6 Å². The average Bonchev–Trinajstić information content (AvgIpc) is 2.55. The lowest BCUT2D eigenvalue weighted by molar-refractivity contribution is 0.180. The zero-order chi connectivity index (χ0) is 16.5. The van der Waals surface area contributed by atoms with Crippen molar-refractivity contribution >= 4 is 11.8 Å². The maximum atomic E-state index is 11.5.